The summed E-state index contributed by atoms with van der Waals surface area (Å²) in [4.78, 5) is 0. The minimum Gasteiger partial charge on any atom is -0.432 e. The molecule has 0 bridgehead atoms. The highest BCUT2D eigenvalue weighted by atomic mass is 35.5. The molecule has 1 rings (SSSR count). The first-order chi connectivity index (χ1) is 6.43. The van der Waals surface area contributed by atoms with Gasteiger partial charge in [0.05, 0.1) is 5.56 Å². The molecule has 0 N–H and O–H groups in total. The van der Waals surface area contributed by atoms with Crippen LogP contribution < -0.4 is 0 Å². The van der Waals surface area contributed by atoms with E-state index in [1.165, 1.54) is 0 Å². The van der Waals surface area contributed by atoms with Crippen LogP contribution >= 0.6 is 11.6 Å². The Morgan fingerprint density at radius 3 is 2.14 bits per heavy atom. The lowest BCUT2D eigenvalue weighted by atomic mass is 10.1. The van der Waals surface area contributed by atoms with E-state index in [1.807, 2.05) is 51.1 Å². The summed E-state index contributed by atoms with van der Waals surface area (Å²) in [6.45, 7) is 6.10. The largest absolute Gasteiger partial charge is 0.432 e. The molecule has 0 radical (unpaired) electrons. The van der Waals surface area contributed by atoms with Gasteiger partial charge in [-0.2, -0.15) is 0 Å². The molecule has 0 aliphatic rings. The molecule has 76 valence electrons. The molecule has 0 aliphatic carbocycles. The Balaban J connectivity index is 3.12. The quantitative estimate of drug-likeness (QED) is 0.405. The van der Waals surface area contributed by atoms with E-state index in [1.54, 1.807) is 3.98 Å². The maximum absolute atomic E-state index is 6.18. The SMILES string of the molecule is CC(C)(C)[N+]([S-])=C(Cl)c1ccccc1. The van der Waals surface area contributed by atoms with Gasteiger partial charge in [0.1, 0.15) is 5.54 Å². The van der Waals surface area contributed by atoms with Crippen molar-refractivity contribution < 1.29 is 3.98 Å². The average molecular weight is 228 g/mol. The summed E-state index contributed by atoms with van der Waals surface area (Å²) in [5.74, 6) is 0. The van der Waals surface area contributed by atoms with E-state index in [0.29, 0.717) is 5.17 Å². The topological polar surface area (TPSA) is 3.01 Å². The molecule has 0 aromatic heterocycles. The molecule has 0 fully saturated rings. The second-order valence-electron chi connectivity index (χ2n) is 4.12. The van der Waals surface area contributed by atoms with Crippen molar-refractivity contribution in [2.75, 3.05) is 0 Å². The van der Waals surface area contributed by atoms with Crippen LogP contribution in [0.5, 0.6) is 0 Å². The molecule has 0 unspecified atom stereocenters. The van der Waals surface area contributed by atoms with Crippen molar-refractivity contribution in [3.05, 3.63) is 35.9 Å². The molecule has 14 heavy (non-hydrogen) atoms. The van der Waals surface area contributed by atoms with Crippen molar-refractivity contribution >= 4 is 29.6 Å². The third kappa shape index (κ3) is 2.69. The van der Waals surface area contributed by atoms with E-state index in [4.69, 9.17) is 24.4 Å². The number of halogens is 1. The molecule has 0 saturated carbocycles. The Morgan fingerprint density at radius 1 is 1.21 bits per heavy atom. The zero-order valence-electron chi connectivity index (χ0n) is 8.62. The minimum absolute atomic E-state index is 0.137. The average Bonchev–Trinajstić information content (AvgIpc) is 2.15. The predicted octanol–water partition coefficient (Wildman–Crippen LogP) is 2.94. The summed E-state index contributed by atoms with van der Waals surface area (Å²) < 4.78 is 1.66. The van der Waals surface area contributed by atoms with E-state index >= 15 is 0 Å². The van der Waals surface area contributed by atoms with Crippen molar-refractivity contribution in [3.63, 3.8) is 0 Å². The van der Waals surface area contributed by atoms with Gasteiger partial charge in [0.25, 0.3) is 5.17 Å². The number of benzene rings is 1. The lowest BCUT2D eigenvalue weighted by Crippen LogP contribution is -2.32. The maximum atomic E-state index is 6.18. The molecule has 0 atom stereocenters. The summed E-state index contributed by atoms with van der Waals surface area (Å²) in [7, 11) is 0. The fourth-order valence-electron chi connectivity index (χ4n) is 0.987. The Labute approximate surface area is 96.0 Å². The second kappa shape index (κ2) is 4.28. The molecule has 0 spiro atoms. The Morgan fingerprint density at radius 2 is 1.71 bits per heavy atom. The molecule has 0 saturated heterocycles. The molecule has 0 heterocycles. The van der Waals surface area contributed by atoms with Crippen LogP contribution in [0, 0.1) is 0 Å². The summed E-state index contributed by atoms with van der Waals surface area (Å²) in [5.41, 5.74) is 0.821. The summed E-state index contributed by atoms with van der Waals surface area (Å²) >= 11 is 11.4. The molecule has 0 amide bonds. The van der Waals surface area contributed by atoms with Crippen molar-refractivity contribution in [1.82, 2.24) is 0 Å². The van der Waals surface area contributed by atoms with Gasteiger partial charge in [0.2, 0.25) is 0 Å². The lowest BCUT2D eigenvalue weighted by molar-refractivity contribution is -0.433. The Bertz CT molecular complexity index is 338. The number of nitrogens with zero attached hydrogens (tertiary/aromatic N) is 1. The molecule has 1 aromatic rings. The van der Waals surface area contributed by atoms with Gasteiger partial charge in [-0.1, -0.05) is 18.2 Å². The first kappa shape index (κ1) is 11.5. The molecule has 3 heteroatoms. The van der Waals surface area contributed by atoms with Crippen LogP contribution in [-0.4, -0.2) is 14.7 Å². The lowest BCUT2D eigenvalue weighted by Gasteiger charge is -2.22. The van der Waals surface area contributed by atoms with Crippen LogP contribution in [0.25, 0.3) is 0 Å². The first-order valence-electron chi connectivity index (χ1n) is 4.48. The maximum Gasteiger partial charge on any atom is 0.262 e. The summed E-state index contributed by atoms with van der Waals surface area (Å²) in [6.07, 6.45) is 0. The van der Waals surface area contributed by atoms with E-state index in [2.05, 4.69) is 0 Å². The van der Waals surface area contributed by atoms with Crippen LogP contribution in [-0.2, 0) is 12.8 Å². The van der Waals surface area contributed by atoms with Crippen molar-refractivity contribution in [3.8, 4) is 0 Å². The van der Waals surface area contributed by atoms with Gasteiger partial charge in [-0.15, -0.1) is 0 Å². The van der Waals surface area contributed by atoms with Crippen LogP contribution in [0.3, 0.4) is 0 Å². The molecule has 0 aliphatic heterocycles. The van der Waals surface area contributed by atoms with Gasteiger partial charge in [-0.05, 0) is 44.5 Å². The molecular formula is C11H14ClNS. The number of rotatable bonds is 1. The van der Waals surface area contributed by atoms with E-state index < -0.39 is 0 Å². The van der Waals surface area contributed by atoms with E-state index in [9.17, 15) is 0 Å². The smallest absolute Gasteiger partial charge is 0.262 e. The second-order valence-corrected chi connectivity index (χ2v) is 4.85. The normalized spacial score (nSPS) is 13.7. The zero-order valence-corrected chi connectivity index (χ0v) is 10.2. The highest BCUT2D eigenvalue weighted by molar-refractivity contribution is 7.51. The Kier molecular flexibility index (Phi) is 3.51. The standard InChI is InChI=1S/C11H14ClNS/c1-11(2,3)13(14)10(12)9-7-5-4-6-8-9/h4-8H,1-3H3. The van der Waals surface area contributed by atoms with Crippen molar-refractivity contribution in [2.24, 2.45) is 0 Å². The van der Waals surface area contributed by atoms with Gasteiger partial charge >= 0.3 is 0 Å². The van der Waals surface area contributed by atoms with Gasteiger partial charge < -0.3 is 16.8 Å². The molecule has 1 aromatic carbocycles. The fraction of sp³-hybridized carbons (Fsp3) is 0.364. The molecule has 1 nitrogen and oxygen atoms in total. The number of hydrogen-bond donors (Lipinski definition) is 0. The van der Waals surface area contributed by atoms with Crippen LogP contribution in [0.2, 0.25) is 0 Å². The van der Waals surface area contributed by atoms with Crippen LogP contribution in [0.15, 0.2) is 30.3 Å². The summed E-state index contributed by atoms with van der Waals surface area (Å²) in [6, 6.07) is 9.76. The number of hydrogen-bond acceptors (Lipinski definition) is 1. The first-order valence-corrected chi connectivity index (χ1v) is 5.22. The minimum atomic E-state index is -0.137. The summed E-state index contributed by atoms with van der Waals surface area (Å²) in [5, 5.41) is 0.605. The van der Waals surface area contributed by atoms with Gasteiger partial charge in [0.15, 0.2) is 0 Å². The zero-order chi connectivity index (χ0) is 10.8. The van der Waals surface area contributed by atoms with Crippen LogP contribution in [0.4, 0.5) is 0 Å². The van der Waals surface area contributed by atoms with Gasteiger partial charge in [0, 0.05) is 0 Å². The van der Waals surface area contributed by atoms with E-state index in [0.717, 1.165) is 5.56 Å². The third-order valence-electron chi connectivity index (χ3n) is 1.80. The fourth-order valence-corrected chi connectivity index (χ4v) is 1.47. The van der Waals surface area contributed by atoms with Crippen LogP contribution in [0.1, 0.15) is 26.3 Å². The van der Waals surface area contributed by atoms with Gasteiger partial charge in [-0.25, -0.2) is 0 Å². The third-order valence-corrected chi connectivity index (χ3v) is 3.02. The predicted molar refractivity (Wildman–Crippen MR) is 63.8 cm³/mol. The van der Waals surface area contributed by atoms with Crippen molar-refractivity contribution in [1.29, 1.82) is 0 Å². The molecular weight excluding hydrogens is 214 g/mol. The monoisotopic (exact) mass is 227 g/mol. The van der Waals surface area contributed by atoms with E-state index in [-0.39, 0.29) is 5.54 Å². The highest BCUT2D eigenvalue weighted by Gasteiger charge is 2.20. The van der Waals surface area contributed by atoms with Gasteiger partial charge in [-0.3, -0.25) is 0 Å². The highest BCUT2D eigenvalue weighted by Crippen LogP contribution is 2.12. The Hall–Kier alpha value is -0.600. The van der Waals surface area contributed by atoms with Crippen molar-refractivity contribution in [2.45, 2.75) is 26.3 Å².